The number of ether oxygens (including phenoxy) is 1. The van der Waals surface area contributed by atoms with Gasteiger partial charge in [0.1, 0.15) is 5.75 Å². The molecule has 3 rings (SSSR count). The molecule has 134 valence electrons. The van der Waals surface area contributed by atoms with Crippen LogP contribution in [0.5, 0.6) is 11.6 Å². The highest BCUT2D eigenvalue weighted by Crippen LogP contribution is 2.25. The van der Waals surface area contributed by atoms with Crippen molar-refractivity contribution in [3.05, 3.63) is 77.0 Å². The fourth-order valence-electron chi connectivity index (χ4n) is 2.39. The Morgan fingerprint density at radius 3 is 2.63 bits per heavy atom. The second kappa shape index (κ2) is 8.47. The minimum Gasteiger partial charge on any atom is -0.439 e. The molecule has 0 unspecified atom stereocenters. The quantitative estimate of drug-likeness (QED) is 0.345. The number of thioether (sulfide) groups is 1. The van der Waals surface area contributed by atoms with E-state index in [4.69, 9.17) is 10.00 Å². The standard InChI is InChI=1S/C21H17N3O2S/c1-14-10-20(26-19-8-6-18(7-9-19)15(2)25)24-21(23-14)27-13-17-5-3-4-16(11-17)12-22/h3-11H,13H2,1-2H3. The zero-order chi connectivity index (χ0) is 19.2. The maximum absolute atomic E-state index is 11.4. The highest BCUT2D eigenvalue weighted by Gasteiger charge is 2.07. The van der Waals surface area contributed by atoms with Gasteiger partial charge >= 0.3 is 0 Å². The minimum absolute atomic E-state index is 0.0126. The van der Waals surface area contributed by atoms with Gasteiger partial charge in [0.2, 0.25) is 5.88 Å². The molecule has 0 aliphatic carbocycles. The summed E-state index contributed by atoms with van der Waals surface area (Å²) in [5.74, 6) is 1.73. The topological polar surface area (TPSA) is 75.9 Å². The van der Waals surface area contributed by atoms with Crippen molar-refractivity contribution < 1.29 is 9.53 Å². The first-order valence-corrected chi connectivity index (χ1v) is 9.28. The predicted molar refractivity (Wildman–Crippen MR) is 104 cm³/mol. The van der Waals surface area contributed by atoms with Crippen LogP contribution in [-0.4, -0.2) is 15.8 Å². The average molecular weight is 375 g/mol. The van der Waals surface area contributed by atoms with Gasteiger partial charge in [0.15, 0.2) is 10.9 Å². The van der Waals surface area contributed by atoms with Crippen molar-refractivity contribution in [2.24, 2.45) is 0 Å². The number of hydrogen-bond donors (Lipinski definition) is 0. The predicted octanol–water partition coefficient (Wildman–Crippen LogP) is 4.94. The zero-order valence-corrected chi connectivity index (χ0v) is 15.8. The van der Waals surface area contributed by atoms with Crippen LogP contribution < -0.4 is 4.74 Å². The molecule has 1 heterocycles. The normalized spacial score (nSPS) is 10.3. The Kier molecular flexibility index (Phi) is 5.84. The second-order valence-corrected chi connectivity index (χ2v) is 6.86. The van der Waals surface area contributed by atoms with Crippen molar-refractivity contribution in [2.45, 2.75) is 24.8 Å². The number of nitriles is 1. The van der Waals surface area contributed by atoms with Crippen LogP contribution in [0.25, 0.3) is 0 Å². The smallest absolute Gasteiger partial charge is 0.223 e. The molecule has 5 nitrogen and oxygen atoms in total. The molecule has 6 heteroatoms. The number of aryl methyl sites for hydroxylation is 1. The number of benzene rings is 2. The maximum atomic E-state index is 11.4. The number of carbonyl (C=O) groups is 1. The van der Waals surface area contributed by atoms with Crippen LogP contribution in [0.4, 0.5) is 0 Å². The molecule has 27 heavy (non-hydrogen) atoms. The van der Waals surface area contributed by atoms with Crippen LogP contribution in [0.1, 0.15) is 34.1 Å². The van der Waals surface area contributed by atoms with Crippen LogP contribution in [0, 0.1) is 18.3 Å². The highest BCUT2D eigenvalue weighted by molar-refractivity contribution is 7.98. The number of ketones is 1. The Morgan fingerprint density at radius 2 is 1.93 bits per heavy atom. The molecule has 0 radical (unpaired) electrons. The van der Waals surface area contributed by atoms with E-state index in [2.05, 4.69) is 16.0 Å². The van der Waals surface area contributed by atoms with Gasteiger partial charge in [-0.2, -0.15) is 10.2 Å². The molecule has 0 amide bonds. The van der Waals surface area contributed by atoms with Crippen LogP contribution >= 0.6 is 11.8 Å². The van der Waals surface area contributed by atoms with Crippen molar-refractivity contribution in [2.75, 3.05) is 0 Å². The van der Waals surface area contributed by atoms with E-state index in [0.717, 1.165) is 11.3 Å². The van der Waals surface area contributed by atoms with Crippen LogP contribution in [0.2, 0.25) is 0 Å². The maximum Gasteiger partial charge on any atom is 0.223 e. The van der Waals surface area contributed by atoms with Gasteiger partial charge in [-0.05, 0) is 55.8 Å². The molecular weight excluding hydrogens is 358 g/mol. The number of nitrogens with zero attached hydrogens (tertiary/aromatic N) is 3. The van der Waals surface area contributed by atoms with E-state index in [1.165, 1.54) is 18.7 Å². The van der Waals surface area contributed by atoms with Gasteiger partial charge in [-0.3, -0.25) is 4.79 Å². The number of Topliss-reactive ketones (excluding diaryl/α,β-unsaturated/α-hetero) is 1. The van der Waals surface area contributed by atoms with Gasteiger partial charge in [0.25, 0.3) is 0 Å². The van der Waals surface area contributed by atoms with Gasteiger partial charge < -0.3 is 4.74 Å². The molecular formula is C21H17N3O2S. The molecule has 2 aromatic carbocycles. The summed E-state index contributed by atoms with van der Waals surface area (Å²) in [4.78, 5) is 20.2. The van der Waals surface area contributed by atoms with Crippen molar-refractivity contribution in [3.8, 4) is 17.7 Å². The zero-order valence-electron chi connectivity index (χ0n) is 15.0. The van der Waals surface area contributed by atoms with E-state index in [1.54, 1.807) is 36.4 Å². The summed E-state index contributed by atoms with van der Waals surface area (Å²) in [6.07, 6.45) is 0. The monoisotopic (exact) mass is 375 g/mol. The lowest BCUT2D eigenvalue weighted by Crippen LogP contribution is -1.96. The second-order valence-electron chi connectivity index (χ2n) is 5.91. The average Bonchev–Trinajstić information content (AvgIpc) is 2.66. The van der Waals surface area contributed by atoms with E-state index < -0.39 is 0 Å². The molecule has 1 aromatic heterocycles. The number of hydrogen-bond acceptors (Lipinski definition) is 6. The fourth-order valence-corrected chi connectivity index (χ4v) is 3.23. The third-order valence-electron chi connectivity index (χ3n) is 3.72. The first-order chi connectivity index (χ1) is 13.0. The third-order valence-corrected chi connectivity index (χ3v) is 4.64. The van der Waals surface area contributed by atoms with Crippen molar-refractivity contribution in [1.29, 1.82) is 5.26 Å². The lowest BCUT2D eigenvalue weighted by molar-refractivity contribution is 0.101. The molecule has 0 spiro atoms. The Bertz CT molecular complexity index is 1010. The summed E-state index contributed by atoms with van der Waals surface area (Å²) in [6, 6.07) is 18.3. The summed E-state index contributed by atoms with van der Waals surface area (Å²) >= 11 is 1.48. The van der Waals surface area contributed by atoms with E-state index in [1.807, 2.05) is 25.1 Å². The Morgan fingerprint density at radius 1 is 1.15 bits per heavy atom. The molecule has 0 atom stereocenters. The third kappa shape index (κ3) is 5.16. The minimum atomic E-state index is 0.0126. The van der Waals surface area contributed by atoms with Crippen molar-refractivity contribution in [3.63, 3.8) is 0 Å². The van der Waals surface area contributed by atoms with Gasteiger partial charge in [-0.1, -0.05) is 23.9 Å². The number of rotatable bonds is 6. The van der Waals surface area contributed by atoms with Crippen LogP contribution in [0.15, 0.2) is 59.8 Å². The molecule has 3 aromatic rings. The largest absolute Gasteiger partial charge is 0.439 e. The van der Waals surface area contributed by atoms with Crippen molar-refractivity contribution >= 4 is 17.5 Å². The molecule has 0 aliphatic rings. The lowest BCUT2D eigenvalue weighted by atomic mass is 10.1. The first-order valence-electron chi connectivity index (χ1n) is 8.30. The van der Waals surface area contributed by atoms with Crippen molar-refractivity contribution in [1.82, 2.24) is 9.97 Å². The molecule has 0 saturated heterocycles. The summed E-state index contributed by atoms with van der Waals surface area (Å²) in [7, 11) is 0. The fraction of sp³-hybridized carbons (Fsp3) is 0.143. The summed E-state index contributed by atoms with van der Waals surface area (Å²) in [5.41, 5.74) is 3.11. The first kappa shape index (κ1) is 18.6. The Balaban J connectivity index is 1.72. The van der Waals surface area contributed by atoms with E-state index >= 15 is 0 Å². The van der Waals surface area contributed by atoms with Gasteiger partial charge in [0.05, 0.1) is 11.6 Å². The Hall–Kier alpha value is -3.17. The lowest BCUT2D eigenvalue weighted by Gasteiger charge is -2.08. The van der Waals surface area contributed by atoms with Crippen LogP contribution in [0.3, 0.4) is 0 Å². The summed E-state index contributed by atoms with van der Waals surface area (Å²) in [6.45, 7) is 3.41. The van der Waals surface area contributed by atoms with E-state index in [9.17, 15) is 4.79 Å². The van der Waals surface area contributed by atoms with Crippen LogP contribution in [-0.2, 0) is 5.75 Å². The highest BCUT2D eigenvalue weighted by atomic mass is 32.2. The summed E-state index contributed by atoms with van der Waals surface area (Å²) < 4.78 is 5.80. The molecule has 0 saturated carbocycles. The summed E-state index contributed by atoms with van der Waals surface area (Å²) in [5, 5.41) is 9.60. The molecule has 0 aliphatic heterocycles. The molecule has 0 fully saturated rings. The van der Waals surface area contributed by atoms with E-state index in [-0.39, 0.29) is 5.78 Å². The SMILES string of the molecule is CC(=O)c1ccc(Oc2cc(C)nc(SCc3cccc(C#N)c3)n2)cc1. The number of aromatic nitrogens is 2. The van der Waals surface area contributed by atoms with Gasteiger partial charge in [0, 0.05) is 23.1 Å². The Labute approximate surface area is 162 Å². The van der Waals surface area contributed by atoms with Gasteiger partial charge in [-0.25, -0.2) is 4.98 Å². The number of carbonyl (C=O) groups excluding carboxylic acids is 1. The van der Waals surface area contributed by atoms with Gasteiger partial charge in [-0.15, -0.1) is 0 Å². The molecule has 0 N–H and O–H groups in total. The molecule has 0 bridgehead atoms. The van der Waals surface area contributed by atoms with E-state index in [0.29, 0.717) is 33.7 Å².